The maximum absolute atomic E-state index is 12.6. The van der Waals surface area contributed by atoms with E-state index in [0.717, 1.165) is 32.5 Å². The van der Waals surface area contributed by atoms with Gasteiger partial charge in [-0.1, -0.05) is 6.07 Å². The third kappa shape index (κ3) is 2.54. The number of amides is 1. The summed E-state index contributed by atoms with van der Waals surface area (Å²) in [4.78, 5) is 12.6. The first kappa shape index (κ1) is 15.2. The van der Waals surface area contributed by atoms with Crippen LogP contribution in [0.5, 0.6) is 11.5 Å². The molecule has 5 heteroatoms. The van der Waals surface area contributed by atoms with Crippen molar-refractivity contribution in [2.75, 3.05) is 27.4 Å². The van der Waals surface area contributed by atoms with Gasteiger partial charge in [0.15, 0.2) is 11.5 Å². The highest BCUT2D eigenvalue weighted by molar-refractivity contribution is 5.98. The molecule has 1 amide bonds. The van der Waals surface area contributed by atoms with Crippen LogP contribution in [-0.2, 0) is 4.74 Å². The van der Waals surface area contributed by atoms with Gasteiger partial charge >= 0.3 is 0 Å². The average Bonchev–Trinajstić information content (AvgIpc) is 2.58. The van der Waals surface area contributed by atoms with E-state index in [1.807, 2.05) is 0 Å². The molecule has 0 bridgehead atoms. The number of hydrogen-bond acceptors (Lipinski definition) is 4. The van der Waals surface area contributed by atoms with Gasteiger partial charge < -0.3 is 19.5 Å². The van der Waals surface area contributed by atoms with Crippen molar-refractivity contribution in [3.63, 3.8) is 0 Å². The van der Waals surface area contributed by atoms with Crippen molar-refractivity contribution in [1.82, 2.24) is 5.32 Å². The Bertz CT molecular complexity index is 552. The fourth-order valence-corrected chi connectivity index (χ4v) is 3.60. The van der Waals surface area contributed by atoms with Crippen molar-refractivity contribution in [1.29, 1.82) is 0 Å². The number of ether oxygens (including phenoxy) is 3. The van der Waals surface area contributed by atoms with E-state index in [-0.39, 0.29) is 17.4 Å². The largest absolute Gasteiger partial charge is 0.493 e. The van der Waals surface area contributed by atoms with E-state index in [1.54, 1.807) is 32.4 Å². The van der Waals surface area contributed by atoms with E-state index in [0.29, 0.717) is 17.1 Å². The molecule has 0 radical (unpaired) electrons. The molecule has 1 aliphatic carbocycles. The lowest BCUT2D eigenvalue weighted by Crippen LogP contribution is -2.57. The predicted octanol–water partition coefficient (Wildman–Crippen LogP) is 2.39. The molecule has 1 saturated heterocycles. The van der Waals surface area contributed by atoms with Crippen LogP contribution in [0.3, 0.4) is 0 Å². The molecule has 2 aliphatic rings. The van der Waals surface area contributed by atoms with Crippen LogP contribution in [0.4, 0.5) is 0 Å². The van der Waals surface area contributed by atoms with Gasteiger partial charge in [0.2, 0.25) is 0 Å². The zero-order valence-corrected chi connectivity index (χ0v) is 13.2. The highest BCUT2D eigenvalue weighted by Gasteiger charge is 2.48. The van der Waals surface area contributed by atoms with E-state index in [4.69, 9.17) is 14.2 Å². The topological polar surface area (TPSA) is 56.8 Å². The van der Waals surface area contributed by atoms with Crippen LogP contribution in [0.25, 0.3) is 0 Å². The van der Waals surface area contributed by atoms with Gasteiger partial charge in [-0.2, -0.15) is 0 Å². The van der Waals surface area contributed by atoms with Gasteiger partial charge in [0.05, 0.1) is 19.8 Å². The van der Waals surface area contributed by atoms with Crippen LogP contribution in [0, 0.1) is 5.41 Å². The molecule has 1 saturated carbocycles. The fourth-order valence-electron chi connectivity index (χ4n) is 3.60. The molecule has 22 heavy (non-hydrogen) atoms. The minimum Gasteiger partial charge on any atom is -0.493 e. The Morgan fingerprint density at radius 3 is 2.59 bits per heavy atom. The van der Waals surface area contributed by atoms with Crippen molar-refractivity contribution in [3.05, 3.63) is 23.8 Å². The summed E-state index contributed by atoms with van der Waals surface area (Å²) in [6, 6.07) is 5.60. The van der Waals surface area contributed by atoms with Crippen molar-refractivity contribution in [2.24, 2.45) is 5.41 Å². The van der Waals surface area contributed by atoms with Crippen LogP contribution in [-0.4, -0.2) is 39.4 Å². The van der Waals surface area contributed by atoms with E-state index >= 15 is 0 Å². The Morgan fingerprint density at radius 1 is 1.23 bits per heavy atom. The second kappa shape index (κ2) is 6.16. The molecule has 0 aromatic heterocycles. The van der Waals surface area contributed by atoms with Gasteiger partial charge in [0.1, 0.15) is 0 Å². The minimum atomic E-state index is -0.0914. The molecular formula is C17H23NO4. The predicted molar refractivity (Wildman–Crippen MR) is 82.5 cm³/mol. The number of carbonyl (C=O) groups excluding carboxylic acids is 1. The van der Waals surface area contributed by atoms with Gasteiger partial charge in [0, 0.05) is 19.3 Å². The SMILES string of the molecule is COc1cccc(C(=O)NC2CCC23CCOCC3)c1OC. The molecule has 1 unspecified atom stereocenters. The Hall–Kier alpha value is -1.75. The van der Waals surface area contributed by atoms with Crippen LogP contribution >= 0.6 is 0 Å². The summed E-state index contributed by atoms with van der Waals surface area (Å²) in [5, 5.41) is 3.19. The Labute approximate surface area is 130 Å². The zero-order chi connectivity index (χ0) is 15.6. The molecular weight excluding hydrogens is 282 g/mol. The molecule has 2 fully saturated rings. The molecule has 5 nitrogen and oxygen atoms in total. The molecule has 3 rings (SSSR count). The Kier molecular flexibility index (Phi) is 4.25. The van der Waals surface area contributed by atoms with Gasteiger partial charge in [-0.3, -0.25) is 4.79 Å². The minimum absolute atomic E-state index is 0.0914. The second-order valence-corrected chi connectivity index (χ2v) is 6.08. The molecule has 1 heterocycles. The van der Waals surface area contributed by atoms with Gasteiger partial charge in [-0.15, -0.1) is 0 Å². The van der Waals surface area contributed by atoms with E-state index in [1.165, 1.54) is 6.42 Å². The highest BCUT2D eigenvalue weighted by Crippen LogP contribution is 2.48. The number of carbonyl (C=O) groups is 1. The quantitative estimate of drug-likeness (QED) is 0.928. The summed E-state index contributed by atoms with van der Waals surface area (Å²) < 4.78 is 16.1. The third-order valence-electron chi connectivity index (χ3n) is 5.11. The van der Waals surface area contributed by atoms with E-state index in [2.05, 4.69) is 5.32 Å². The molecule has 1 atom stereocenters. The van der Waals surface area contributed by atoms with Crippen molar-refractivity contribution >= 4 is 5.91 Å². The first-order chi connectivity index (χ1) is 10.7. The van der Waals surface area contributed by atoms with Crippen molar-refractivity contribution < 1.29 is 19.0 Å². The number of nitrogens with one attached hydrogen (secondary N) is 1. The smallest absolute Gasteiger partial charge is 0.255 e. The van der Waals surface area contributed by atoms with Crippen LogP contribution in [0.1, 0.15) is 36.0 Å². The normalized spacial score (nSPS) is 22.7. The fraction of sp³-hybridized carbons (Fsp3) is 0.588. The second-order valence-electron chi connectivity index (χ2n) is 6.08. The molecule has 1 N–H and O–H groups in total. The summed E-state index contributed by atoms with van der Waals surface area (Å²) in [6.45, 7) is 1.60. The molecule has 120 valence electrons. The monoisotopic (exact) mass is 305 g/mol. The average molecular weight is 305 g/mol. The summed E-state index contributed by atoms with van der Waals surface area (Å²) >= 11 is 0. The lowest BCUT2D eigenvalue weighted by Gasteiger charge is -2.52. The number of rotatable bonds is 4. The summed E-state index contributed by atoms with van der Waals surface area (Å²) in [7, 11) is 3.13. The zero-order valence-electron chi connectivity index (χ0n) is 13.2. The highest BCUT2D eigenvalue weighted by atomic mass is 16.5. The molecule has 1 aliphatic heterocycles. The van der Waals surface area contributed by atoms with Crippen LogP contribution in [0.2, 0.25) is 0 Å². The molecule has 1 aromatic rings. The molecule has 1 spiro atoms. The van der Waals surface area contributed by atoms with Crippen molar-refractivity contribution in [2.45, 2.75) is 31.7 Å². The molecule has 1 aromatic carbocycles. The number of benzene rings is 1. The Balaban J connectivity index is 1.75. The first-order valence-electron chi connectivity index (χ1n) is 7.80. The number of hydrogen-bond donors (Lipinski definition) is 1. The maximum atomic E-state index is 12.6. The van der Waals surface area contributed by atoms with Crippen LogP contribution < -0.4 is 14.8 Å². The summed E-state index contributed by atoms with van der Waals surface area (Å²) in [5.41, 5.74) is 0.760. The lowest BCUT2D eigenvalue weighted by atomic mass is 9.60. The summed E-state index contributed by atoms with van der Waals surface area (Å²) in [6.07, 6.45) is 4.29. The Morgan fingerprint density at radius 2 is 2.00 bits per heavy atom. The third-order valence-corrected chi connectivity index (χ3v) is 5.11. The van der Waals surface area contributed by atoms with Crippen molar-refractivity contribution in [3.8, 4) is 11.5 Å². The van der Waals surface area contributed by atoms with Crippen LogP contribution in [0.15, 0.2) is 18.2 Å². The standard InChI is InChI=1S/C17H23NO4/c1-20-13-5-3-4-12(15(13)21-2)16(19)18-14-6-7-17(14)8-10-22-11-9-17/h3-5,14H,6-11H2,1-2H3,(H,18,19). The van der Waals surface area contributed by atoms with Gasteiger partial charge in [0.25, 0.3) is 5.91 Å². The number of para-hydroxylation sites is 1. The van der Waals surface area contributed by atoms with Gasteiger partial charge in [-0.25, -0.2) is 0 Å². The first-order valence-corrected chi connectivity index (χ1v) is 7.80. The maximum Gasteiger partial charge on any atom is 0.255 e. The van der Waals surface area contributed by atoms with Gasteiger partial charge in [-0.05, 0) is 43.2 Å². The van der Waals surface area contributed by atoms with E-state index in [9.17, 15) is 4.79 Å². The summed E-state index contributed by atoms with van der Waals surface area (Å²) in [5.74, 6) is 0.971. The number of methoxy groups -OCH3 is 2. The van der Waals surface area contributed by atoms with E-state index < -0.39 is 0 Å². The lowest BCUT2D eigenvalue weighted by molar-refractivity contribution is -0.0523.